The molecular weight excluding hydrogens is 403 g/mol. The SMILES string of the molecule is CC(C)(C)OC(=O)N1CC(N=C(N)N2CCSCC2)C1.I. The molecule has 0 aromatic carbocycles. The molecule has 1 amide bonds. The van der Waals surface area contributed by atoms with Crippen molar-refractivity contribution in [2.45, 2.75) is 32.4 Å². The van der Waals surface area contributed by atoms with Gasteiger partial charge in [-0.3, -0.25) is 0 Å². The fourth-order valence-corrected chi connectivity index (χ4v) is 2.98. The number of halogens is 1. The third kappa shape index (κ3) is 5.72. The van der Waals surface area contributed by atoms with Crippen molar-refractivity contribution >= 4 is 47.8 Å². The Balaban J connectivity index is 0.00000220. The van der Waals surface area contributed by atoms with Crippen LogP contribution in [-0.2, 0) is 4.74 Å². The zero-order valence-corrected chi connectivity index (χ0v) is 16.0. The van der Waals surface area contributed by atoms with E-state index in [4.69, 9.17) is 10.5 Å². The van der Waals surface area contributed by atoms with Gasteiger partial charge >= 0.3 is 6.09 Å². The average Bonchev–Trinajstić information content (AvgIpc) is 2.31. The van der Waals surface area contributed by atoms with Crippen LogP contribution in [0.15, 0.2) is 4.99 Å². The summed E-state index contributed by atoms with van der Waals surface area (Å²) in [6, 6.07) is 0.108. The highest BCUT2D eigenvalue weighted by molar-refractivity contribution is 14.0. The quantitative estimate of drug-likeness (QED) is 0.390. The molecule has 2 heterocycles. The van der Waals surface area contributed by atoms with Gasteiger partial charge in [-0.15, -0.1) is 24.0 Å². The lowest BCUT2D eigenvalue weighted by molar-refractivity contribution is 0.00895. The summed E-state index contributed by atoms with van der Waals surface area (Å²) in [4.78, 5) is 20.1. The molecule has 2 aliphatic rings. The van der Waals surface area contributed by atoms with E-state index in [-0.39, 0.29) is 36.1 Å². The number of carbonyl (C=O) groups excluding carboxylic acids is 1. The number of nitrogens with two attached hydrogens (primary N) is 1. The van der Waals surface area contributed by atoms with Gasteiger partial charge in [0.05, 0.1) is 6.04 Å². The smallest absolute Gasteiger partial charge is 0.410 e. The number of amides is 1. The number of rotatable bonds is 1. The molecule has 0 aliphatic carbocycles. The largest absolute Gasteiger partial charge is 0.444 e. The normalized spacial score (nSPS) is 20.6. The number of hydrogen-bond acceptors (Lipinski definition) is 4. The van der Waals surface area contributed by atoms with Gasteiger partial charge in [0, 0.05) is 37.7 Å². The van der Waals surface area contributed by atoms with Crippen molar-refractivity contribution in [3.8, 4) is 0 Å². The van der Waals surface area contributed by atoms with Crippen LogP contribution in [0.2, 0.25) is 0 Å². The molecule has 6 nitrogen and oxygen atoms in total. The first-order valence-corrected chi connectivity index (χ1v) is 8.14. The van der Waals surface area contributed by atoms with Crippen LogP contribution in [-0.4, -0.2) is 71.2 Å². The van der Waals surface area contributed by atoms with Crippen LogP contribution >= 0.6 is 35.7 Å². The van der Waals surface area contributed by atoms with Crippen LogP contribution in [0.1, 0.15) is 20.8 Å². The molecule has 0 radical (unpaired) electrons. The molecule has 2 saturated heterocycles. The molecule has 2 N–H and O–H groups in total. The van der Waals surface area contributed by atoms with Crippen LogP contribution in [0.3, 0.4) is 0 Å². The van der Waals surface area contributed by atoms with E-state index in [1.165, 1.54) is 0 Å². The molecule has 0 unspecified atom stereocenters. The Labute approximate surface area is 147 Å². The Bertz CT molecular complexity index is 388. The van der Waals surface area contributed by atoms with Gasteiger partial charge in [-0.25, -0.2) is 9.79 Å². The maximum atomic E-state index is 11.8. The monoisotopic (exact) mass is 428 g/mol. The van der Waals surface area contributed by atoms with E-state index < -0.39 is 5.60 Å². The van der Waals surface area contributed by atoms with Gasteiger partial charge in [0.2, 0.25) is 0 Å². The fraction of sp³-hybridized carbons (Fsp3) is 0.846. The highest BCUT2D eigenvalue weighted by Gasteiger charge is 2.34. The van der Waals surface area contributed by atoms with Gasteiger partial charge < -0.3 is 20.3 Å². The van der Waals surface area contributed by atoms with Gasteiger partial charge in [-0.1, -0.05) is 0 Å². The third-order valence-electron chi connectivity index (χ3n) is 3.16. The molecule has 21 heavy (non-hydrogen) atoms. The van der Waals surface area contributed by atoms with Crippen molar-refractivity contribution in [3.63, 3.8) is 0 Å². The number of thioether (sulfide) groups is 1. The molecule has 0 saturated carbocycles. The molecule has 122 valence electrons. The second-order valence-electron chi connectivity index (χ2n) is 6.13. The minimum Gasteiger partial charge on any atom is -0.444 e. The summed E-state index contributed by atoms with van der Waals surface area (Å²) in [5.41, 5.74) is 5.57. The minimum atomic E-state index is -0.448. The Morgan fingerprint density at radius 2 is 1.81 bits per heavy atom. The highest BCUT2D eigenvalue weighted by Crippen LogP contribution is 2.17. The summed E-state index contributed by atoms with van der Waals surface area (Å²) in [6.45, 7) is 8.72. The van der Waals surface area contributed by atoms with Crippen molar-refractivity contribution in [2.24, 2.45) is 10.7 Å². The van der Waals surface area contributed by atoms with Crippen LogP contribution in [0.4, 0.5) is 4.79 Å². The second kappa shape index (κ2) is 7.75. The standard InChI is InChI=1S/C13H24N4O2S.HI/c1-13(2,3)19-12(18)17-8-10(9-17)15-11(14)16-4-6-20-7-5-16;/h10H,4-9H2,1-3H3,(H2,14,15);1H. The number of nitrogens with zero attached hydrogens (tertiary/aromatic N) is 3. The van der Waals surface area contributed by atoms with Gasteiger partial charge in [-0.2, -0.15) is 11.8 Å². The van der Waals surface area contributed by atoms with E-state index >= 15 is 0 Å². The molecule has 0 atom stereocenters. The molecule has 0 bridgehead atoms. The zero-order chi connectivity index (χ0) is 14.8. The Morgan fingerprint density at radius 1 is 1.24 bits per heavy atom. The van der Waals surface area contributed by atoms with E-state index in [1.807, 2.05) is 32.5 Å². The Kier molecular flexibility index (Phi) is 6.89. The number of hydrogen-bond donors (Lipinski definition) is 1. The molecule has 2 aliphatic heterocycles. The summed E-state index contributed by atoms with van der Waals surface area (Å²) in [6.07, 6.45) is -0.267. The summed E-state index contributed by atoms with van der Waals surface area (Å²) >= 11 is 1.94. The fourth-order valence-electron chi connectivity index (χ4n) is 2.07. The van der Waals surface area contributed by atoms with E-state index in [2.05, 4.69) is 9.89 Å². The molecule has 2 rings (SSSR count). The molecule has 0 aromatic rings. The summed E-state index contributed by atoms with van der Waals surface area (Å²) in [7, 11) is 0. The van der Waals surface area contributed by atoms with Crippen LogP contribution in [0, 0.1) is 0 Å². The average molecular weight is 428 g/mol. The van der Waals surface area contributed by atoms with Crippen molar-refractivity contribution < 1.29 is 9.53 Å². The van der Waals surface area contributed by atoms with Crippen molar-refractivity contribution in [1.29, 1.82) is 0 Å². The first-order valence-electron chi connectivity index (χ1n) is 6.99. The predicted octanol–water partition coefficient (Wildman–Crippen LogP) is 1.59. The van der Waals surface area contributed by atoms with E-state index in [1.54, 1.807) is 4.90 Å². The maximum absolute atomic E-state index is 11.8. The lowest BCUT2D eigenvalue weighted by Gasteiger charge is -2.38. The first kappa shape index (κ1) is 18.7. The molecule has 2 fully saturated rings. The van der Waals surface area contributed by atoms with Gasteiger partial charge in [0.1, 0.15) is 5.60 Å². The van der Waals surface area contributed by atoms with Crippen molar-refractivity contribution in [1.82, 2.24) is 9.80 Å². The number of likely N-dealkylation sites (tertiary alicyclic amines) is 1. The van der Waals surface area contributed by atoms with Gasteiger partial charge in [0.15, 0.2) is 5.96 Å². The number of aliphatic imine (C=N–C) groups is 1. The number of guanidine groups is 1. The van der Waals surface area contributed by atoms with Crippen LogP contribution < -0.4 is 5.73 Å². The highest BCUT2D eigenvalue weighted by atomic mass is 127. The molecular formula is C13H25IN4O2S. The van der Waals surface area contributed by atoms with Crippen molar-refractivity contribution in [3.05, 3.63) is 0 Å². The van der Waals surface area contributed by atoms with Gasteiger partial charge in [0.25, 0.3) is 0 Å². The summed E-state index contributed by atoms with van der Waals surface area (Å²) in [5.74, 6) is 2.81. The van der Waals surface area contributed by atoms with E-state index in [0.717, 1.165) is 24.6 Å². The van der Waals surface area contributed by atoms with Crippen LogP contribution in [0.5, 0.6) is 0 Å². The lowest BCUT2D eigenvalue weighted by atomic mass is 10.1. The van der Waals surface area contributed by atoms with Gasteiger partial charge in [-0.05, 0) is 20.8 Å². The number of carbonyl (C=O) groups is 1. The summed E-state index contributed by atoms with van der Waals surface area (Å²) in [5, 5.41) is 0. The maximum Gasteiger partial charge on any atom is 0.410 e. The van der Waals surface area contributed by atoms with E-state index in [0.29, 0.717) is 19.0 Å². The minimum absolute atomic E-state index is 0. The molecule has 0 spiro atoms. The topological polar surface area (TPSA) is 71.2 Å². The molecule has 0 aromatic heterocycles. The van der Waals surface area contributed by atoms with E-state index in [9.17, 15) is 4.79 Å². The van der Waals surface area contributed by atoms with Crippen LogP contribution in [0.25, 0.3) is 0 Å². The Morgan fingerprint density at radius 3 is 2.33 bits per heavy atom. The molecule has 8 heteroatoms. The zero-order valence-electron chi connectivity index (χ0n) is 12.9. The van der Waals surface area contributed by atoms with Crippen molar-refractivity contribution in [2.75, 3.05) is 37.7 Å². The summed E-state index contributed by atoms with van der Waals surface area (Å²) < 4.78 is 5.31. The predicted molar refractivity (Wildman–Crippen MR) is 97.5 cm³/mol. The lowest BCUT2D eigenvalue weighted by Crippen LogP contribution is -2.55. The number of ether oxygens (including phenoxy) is 1. The third-order valence-corrected chi connectivity index (χ3v) is 4.11. The first-order chi connectivity index (χ1) is 9.35. The Hall–Kier alpha value is -0.380. The second-order valence-corrected chi connectivity index (χ2v) is 7.35.